The van der Waals surface area contributed by atoms with Crippen LogP contribution in [0, 0.1) is 11.3 Å². The van der Waals surface area contributed by atoms with E-state index in [9.17, 15) is 14.9 Å². The first kappa shape index (κ1) is 21.4. The van der Waals surface area contributed by atoms with Gasteiger partial charge in [0.1, 0.15) is 16.7 Å². The van der Waals surface area contributed by atoms with E-state index in [4.69, 9.17) is 8.83 Å². The molecule has 0 radical (unpaired) electrons. The van der Waals surface area contributed by atoms with E-state index in [1.54, 1.807) is 30.3 Å². The summed E-state index contributed by atoms with van der Waals surface area (Å²) in [5, 5.41) is 12.8. The number of hydrogen-bond donors (Lipinski definition) is 0. The Hall–Kier alpha value is -5.67. The van der Waals surface area contributed by atoms with Gasteiger partial charge in [-0.25, -0.2) is 0 Å². The molecule has 39 heavy (non-hydrogen) atoms. The third-order valence-corrected chi connectivity index (χ3v) is 7.42. The Morgan fingerprint density at radius 3 is 1.85 bits per heavy atom. The van der Waals surface area contributed by atoms with Crippen LogP contribution in [0.25, 0.3) is 71.4 Å². The summed E-state index contributed by atoms with van der Waals surface area (Å²) in [5.41, 5.74) is 3.94. The smallest absolute Gasteiger partial charge is 0.200 e. The fourth-order valence-electron chi connectivity index (χ4n) is 5.64. The van der Waals surface area contributed by atoms with Crippen molar-refractivity contribution in [2.45, 2.75) is 0 Å². The van der Waals surface area contributed by atoms with Gasteiger partial charge < -0.3 is 13.4 Å². The number of fused-ring (bicyclic) bond motifs is 7. The predicted octanol–water partition coefficient (Wildman–Crippen LogP) is 7.17. The summed E-state index contributed by atoms with van der Waals surface area (Å²) in [6, 6.07) is 31.7. The number of benzene rings is 5. The quantitative estimate of drug-likeness (QED) is 0.221. The van der Waals surface area contributed by atoms with Gasteiger partial charge in [0.2, 0.25) is 10.9 Å². The van der Waals surface area contributed by atoms with Crippen LogP contribution in [0.3, 0.4) is 0 Å². The number of aromatic nitrogens is 1. The molecule has 0 atom stereocenters. The molecule has 0 aliphatic heterocycles. The van der Waals surface area contributed by atoms with E-state index in [1.165, 1.54) is 6.07 Å². The fraction of sp³-hybridized carbons (Fsp3) is 0. The van der Waals surface area contributed by atoms with Gasteiger partial charge in [0.25, 0.3) is 0 Å². The van der Waals surface area contributed by atoms with Crippen LogP contribution < -0.4 is 10.9 Å². The molecule has 5 aromatic carbocycles. The molecule has 3 heterocycles. The van der Waals surface area contributed by atoms with Crippen molar-refractivity contribution >= 4 is 65.7 Å². The Bertz CT molecular complexity index is 2450. The molecule has 3 aromatic heterocycles. The average Bonchev–Trinajstić information content (AvgIpc) is 3.31. The third kappa shape index (κ3) is 2.90. The lowest BCUT2D eigenvalue weighted by Gasteiger charge is -2.11. The van der Waals surface area contributed by atoms with Crippen LogP contribution >= 0.6 is 0 Å². The monoisotopic (exact) mass is 504 g/mol. The molecule has 0 unspecified atom stereocenters. The summed E-state index contributed by atoms with van der Waals surface area (Å²) in [7, 11) is 0. The molecular weight excluding hydrogens is 488 g/mol. The van der Waals surface area contributed by atoms with Crippen molar-refractivity contribution in [3.8, 4) is 11.8 Å². The van der Waals surface area contributed by atoms with Crippen LogP contribution in [-0.2, 0) is 0 Å². The minimum atomic E-state index is -0.288. The largest absolute Gasteiger partial charge is 0.456 e. The van der Waals surface area contributed by atoms with Gasteiger partial charge in [-0.05, 0) is 54.6 Å². The summed E-state index contributed by atoms with van der Waals surface area (Å²) >= 11 is 0. The van der Waals surface area contributed by atoms with Crippen LogP contribution in [0.15, 0.2) is 115 Å². The van der Waals surface area contributed by atoms with Gasteiger partial charge in [0, 0.05) is 10.8 Å². The van der Waals surface area contributed by atoms with Crippen molar-refractivity contribution in [2.75, 3.05) is 0 Å². The summed E-state index contributed by atoms with van der Waals surface area (Å²) in [6.45, 7) is 0. The Labute approximate surface area is 219 Å². The van der Waals surface area contributed by atoms with Crippen molar-refractivity contribution < 1.29 is 8.83 Å². The lowest BCUT2D eigenvalue weighted by molar-refractivity contribution is 0.651. The van der Waals surface area contributed by atoms with Gasteiger partial charge in [-0.1, -0.05) is 42.5 Å². The number of rotatable bonds is 1. The molecule has 0 bridgehead atoms. The zero-order valence-electron chi connectivity index (χ0n) is 20.3. The zero-order valence-corrected chi connectivity index (χ0v) is 20.3. The van der Waals surface area contributed by atoms with Crippen LogP contribution in [0.5, 0.6) is 0 Å². The maximum atomic E-state index is 13.8. The summed E-state index contributed by atoms with van der Waals surface area (Å²) < 4.78 is 14.5. The van der Waals surface area contributed by atoms with Gasteiger partial charge in [-0.3, -0.25) is 9.59 Å². The van der Waals surface area contributed by atoms with E-state index in [-0.39, 0.29) is 27.4 Å². The third-order valence-electron chi connectivity index (χ3n) is 7.42. The molecule has 0 saturated heterocycles. The lowest BCUT2D eigenvalue weighted by atomic mass is 10.1. The molecular formula is C33H16N2O4. The Morgan fingerprint density at radius 2 is 1.15 bits per heavy atom. The first-order valence-electron chi connectivity index (χ1n) is 12.4. The highest BCUT2D eigenvalue weighted by Crippen LogP contribution is 2.35. The summed E-state index contributed by atoms with van der Waals surface area (Å²) in [4.78, 5) is 27.2. The van der Waals surface area contributed by atoms with E-state index in [0.717, 1.165) is 27.5 Å². The van der Waals surface area contributed by atoms with Crippen molar-refractivity contribution in [3.05, 3.63) is 123 Å². The Kier molecular flexibility index (Phi) is 4.21. The maximum Gasteiger partial charge on any atom is 0.200 e. The second-order valence-corrected chi connectivity index (χ2v) is 9.55. The standard InChI is InChI=1S/C33H16N2O4/c34-17-18-12-13-28-22(14-18)32(37)23-16-30-24(15-29(23)38-28)31(36)21-8-5-11-27(33(21)39-30)35-25-9-3-1-6-19(25)20-7-2-4-10-26(20)35/h1-16H. The van der Waals surface area contributed by atoms with Crippen LogP contribution in [0.4, 0.5) is 0 Å². The van der Waals surface area contributed by atoms with Crippen molar-refractivity contribution in [1.29, 1.82) is 5.26 Å². The highest BCUT2D eigenvalue weighted by atomic mass is 16.3. The number of nitrogens with zero attached hydrogens (tertiary/aromatic N) is 2. The van der Waals surface area contributed by atoms with Gasteiger partial charge in [-0.15, -0.1) is 0 Å². The van der Waals surface area contributed by atoms with Crippen LogP contribution in [-0.4, -0.2) is 4.57 Å². The predicted molar refractivity (Wildman–Crippen MR) is 153 cm³/mol. The van der Waals surface area contributed by atoms with Gasteiger partial charge in [0.15, 0.2) is 5.58 Å². The molecule has 0 N–H and O–H groups in total. The minimum absolute atomic E-state index is 0.210. The second kappa shape index (κ2) is 7.67. The first-order chi connectivity index (χ1) is 19.1. The first-order valence-corrected chi connectivity index (χ1v) is 12.4. The molecule has 0 spiro atoms. The molecule has 6 nitrogen and oxygen atoms in total. The highest BCUT2D eigenvalue weighted by Gasteiger charge is 2.19. The zero-order chi connectivity index (χ0) is 26.2. The summed E-state index contributed by atoms with van der Waals surface area (Å²) in [5.74, 6) is 0. The summed E-state index contributed by atoms with van der Waals surface area (Å²) in [6.07, 6.45) is 0. The molecule has 8 aromatic rings. The highest BCUT2D eigenvalue weighted by molar-refractivity contribution is 6.10. The molecule has 8 rings (SSSR count). The van der Waals surface area contributed by atoms with E-state index in [2.05, 4.69) is 22.8 Å². The number of para-hydroxylation sites is 3. The van der Waals surface area contributed by atoms with E-state index < -0.39 is 0 Å². The second-order valence-electron chi connectivity index (χ2n) is 9.55. The number of hydrogen-bond acceptors (Lipinski definition) is 5. The Balaban J connectivity index is 1.50. The fourth-order valence-corrected chi connectivity index (χ4v) is 5.64. The van der Waals surface area contributed by atoms with Crippen molar-refractivity contribution in [3.63, 3.8) is 0 Å². The Morgan fingerprint density at radius 1 is 0.564 bits per heavy atom. The molecule has 0 saturated carbocycles. The van der Waals surface area contributed by atoms with Crippen molar-refractivity contribution in [1.82, 2.24) is 4.57 Å². The molecule has 0 fully saturated rings. The van der Waals surface area contributed by atoms with Gasteiger partial charge in [0.05, 0.1) is 49.9 Å². The van der Waals surface area contributed by atoms with Crippen molar-refractivity contribution in [2.24, 2.45) is 0 Å². The molecule has 6 heteroatoms. The molecule has 0 aliphatic rings. The topological polar surface area (TPSA) is 89.1 Å². The molecule has 182 valence electrons. The molecule has 0 amide bonds. The maximum absolute atomic E-state index is 13.8. The van der Waals surface area contributed by atoms with E-state index >= 15 is 0 Å². The number of nitriles is 1. The SMILES string of the molecule is N#Cc1ccc2oc3cc4c(=O)c5cccc(-n6c7ccccc7c7ccccc76)c5oc4cc3c(=O)c2c1. The normalized spacial score (nSPS) is 11.8. The molecule has 0 aliphatic carbocycles. The van der Waals surface area contributed by atoms with Crippen LogP contribution in [0.1, 0.15) is 5.56 Å². The van der Waals surface area contributed by atoms with E-state index in [1.807, 2.05) is 48.5 Å². The van der Waals surface area contributed by atoms with Crippen LogP contribution in [0.2, 0.25) is 0 Å². The minimum Gasteiger partial charge on any atom is -0.456 e. The van der Waals surface area contributed by atoms with Gasteiger partial charge >= 0.3 is 0 Å². The van der Waals surface area contributed by atoms with Gasteiger partial charge in [-0.2, -0.15) is 5.26 Å². The van der Waals surface area contributed by atoms with E-state index in [0.29, 0.717) is 32.9 Å². The lowest BCUT2D eigenvalue weighted by Crippen LogP contribution is -2.07. The average molecular weight is 505 g/mol.